The lowest BCUT2D eigenvalue weighted by Gasteiger charge is -2.33. The number of imidazole rings is 1. The molecule has 1 amide bonds. The number of carboxylic acid groups (broad SMARTS) is 1. The minimum atomic E-state index is -0.689. The topological polar surface area (TPSA) is 140 Å². The zero-order chi connectivity index (χ0) is 33.2. The average molecular weight is 678 g/mol. The van der Waals surface area contributed by atoms with Gasteiger partial charge in [0, 0.05) is 56.1 Å². The Hall–Kier alpha value is -4.32. The molecule has 1 aromatic carbocycles. The predicted molar refractivity (Wildman–Crippen MR) is 178 cm³/mol. The normalized spacial score (nSPS) is 18.0. The van der Waals surface area contributed by atoms with Gasteiger partial charge in [0.25, 0.3) is 5.91 Å². The standard InChI is InChI=1S/C34H34Cl2N6O5/c1-41-27-13-15-42(16-19-6-8-20(9-7-19)34(45)46)17-26(27)38-31(41)32(44)39-25-5-3-4-23(28(25)35)30-29(36)22(12-14-37-30)24-11-10-21(18-43)33(40-24)47-2/h3-5,10-12,14,18-20H,6-9,13,15-17H2,1-2H3,(H,39,44)(H,45,46). The van der Waals surface area contributed by atoms with E-state index in [1.54, 1.807) is 42.6 Å². The van der Waals surface area contributed by atoms with Gasteiger partial charge < -0.3 is 19.7 Å². The monoisotopic (exact) mass is 676 g/mol. The van der Waals surface area contributed by atoms with Gasteiger partial charge in [-0.2, -0.15) is 0 Å². The number of amides is 1. The van der Waals surface area contributed by atoms with E-state index in [0.717, 1.165) is 56.6 Å². The van der Waals surface area contributed by atoms with Gasteiger partial charge in [-0.3, -0.25) is 24.3 Å². The number of hydrogen-bond donors (Lipinski definition) is 2. The number of nitrogens with zero attached hydrogens (tertiary/aromatic N) is 5. The molecule has 0 unspecified atom stereocenters. The molecule has 47 heavy (non-hydrogen) atoms. The molecule has 1 saturated carbocycles. The Morgan fingerprint density at radius 3 is 2.57 bits per heavy atom. The van der Waals surface area contributed by atoms with E-state index in [2.05, 4.69) is 20.2 Å². The molecular weight excluding hydrogens is 643 g/mol. The largest absolute Gasteiger partial charge is 0.481 e. The fourth-order valence-corrected chi connectivity index (χ4v) is 7.14. The Morgan fingerprint density at radius 2 is 1.85 bits per heavy atom. The van der Waals surface area contributed by atoms with Crippen molar-refractivity contribution in [2.45, 2.75) is 38.6 Å². The van der Waals surface area contributed by atoms with E-state index in [0.29, 0.717) is 57.5 Å². The van der Waals surface area contributed by atoms with Gasteiger partial charge >= 0.3 is 5.97 Å². The van der Waals surface area contributed by atoms with Gasteiger partial charge in [0.15, 0.2) is 12.1 Å². The number of aliphatic carboxylic acids is 1. The lowest BCUT2D eigenvalue weighted by atomic mass is 9.81. The Labute approximate surface area is 281 Å². The number of pyridine rings is 2. The highest BCUT2D eigenvalue weighted by Crippen LogP contribution is 2.40. The second-order valence-electron chi connectivity index (χ2n) is 12.0. The van der Waals surface area contributed by atoms with E-state index in [1.165, 1.54) is 7.11 Å². The third-order valence-electron chi connectivity index (χ3n) is 9.13. The summed E-state index contributed by atoms with van der Waals surface area (Å²) in [5.41, 5.74) is 4.57. The third kappa shape index (κ3) is 6.60. The Morgan fingerprint density at radius 1 is 1.06 bits per heavy atom. The fourth-order valence-electron chi connectivity index (χ4n) is 6.57. The molecule has 0 spiro atoms. The summed E-state index contributed by atoms with van der Waals surface area (Å²) < 4.78 is 7.10. The summed E-state index contributed by atoms with van der Waals surface area (Å²) in [6.07, 6.45) is 6.32. The number of fused-ring (bicyclic) bond motifs is 1. The maximum atomic E-state index is 13.6. The van der Waals surface area contributed by atoms with Crippen molar-refractivity contribution in [3.05, 3.63) is 75.4 Å². The number of halogens is 2. The predicted octanol–water partition coefficient (Wildman–Crippen LogP) is 6.17. The number of carbonyl (C=O) groups excluding carboxylic acids is 2. The SMILES string of the molecule is COc1nc(-c2ccnc(-c3cccc(NC(=O)c4nc5c(n4C)CCN(CC4CCC(C(=O)O)CC4)C5)c3Cl)c2Cl)ccc1C=O. The van der Waals surface area contributed by atoms with Crippen molar-refractivity contribution in [1.29, 1.82) is 0 Å². The number of benzene rings is 1. The highest BCUT2D eigenvalue weighted by atomic mass is 35.5. The van der Waals surface area contributed by atoms with Crippen LogP contribution in [0.2, 0.25) is 10.0 Å². The molecule has 2 aliphatic rings. The summed E-state index contributed by atoms with van der Waals surface area (Å²) in [7, 11) is 3.28. The van der Waals surface area contributed by atoms with E-state index in [9.17, 15) is 19.5 Å². The van der Waals surface area contributed by atoms with Crippen molar-refractivity contribution in [3.8, 4) is 28.4 Å². The Balaban J connectivity index is 1.19. The summed E-state index contributed by atoms with van der Waals surface area (Å²) >= 11 is 13.7. The van der Waals surface area contributed by atoms with Crippen molar-refractivity contribution in [2.24, 2.45) is 18.9 Å². The maximum Gasteiger partial charge on any atom is 0.306 e. The van der Waals surface area contributed by atoms with Crippen LogP contribution in [0.3, 0.4) is 0 Å². The summed E-state index contributed by atoms with van der Waals surface area (Å²) in [5, 5.41) is 12.8. The van der Waals surface area contributed by atoms with Gasteiger partial charge in [0.2, 0.25) is 5.88 Å². The minimum Gasteiger partial charge on any atom is -0.481 e. The van der Waals surface area contributed by atoms with Crippen LogP contribution in [0, 0.1) is 11.8 Å². The van der Waals surface area contributed by atoms with Crippen LogP contribution in [0.5, 0.6) is 5.88 Å². The van der Waals surface area contributed by atoms with Crippen LogP contribution < -0.4 is 10.1 Å². The van der Waals surface area contributed by atoms with Crippen LogP contribution in [0.15, 0.2) is 42.6 Å². The highest BCUT2D eigenvalue weighted by molar-refractivity contribution is 6.39. The number of carboxylic acids is 1. The molecule has 0 bridgehead atoms. The molecule has 0 atom stereocenters. The molecule has 4 heterocycles. The average Bonchev–Trinajstić information content (AvgIpc) is 3.41. The Kier molecular flexibility index (Phi) is 9.58. The molecule has 1 fully saturated rings. The lowest BCUT2D eigenvalue weighted by molar-refractivity contribution is -0.143. The van der Waals surface area contributed by atoms with E-state index < -0.39 is 5.97 Å². The first-order valence-electron chi connectivity index (χ1n) is 15.4. The van der Waals surface area contributed by atoms with Crippen molar-refractivity contribution >= 4 is 47.1 Å². The number of methoxy groups -OCH3 is 1. The van der Waals surface area contributed by atoms with Gasteiger partial charge in [-0.1, -0.05) is 35.3 Å². The van der Waals surface area contributed by atoms with Gasteiger partial charge in [0.05, 0.1) is 51.4 Å². The molecule has 2 N–H and O–H groups in total. The molecular formula is C34H34Cl2N6O5. The van der Waals surface area contributed by atoms with Gasteiger partial charge in [0.1, 0.15) is 0 Å². The second kappa shape index (κ2) is 13.8. The summed E-state index contributed by atoms with van der Waals surface area (Å²) in [6, 6.07) is 10.2. The number of rotatable bonds is 9. The molecule has 0 radical (unpaired) electrons. The molecule has 1 aliphatic carbocycles. The summed E-state index contributed by atoms with van der Waals surface area (Å²) in [5.74, 6) is -0.363. The minimum absolute atomic E-state index is 0.179. The van der Waals surface area contributed by atoms with Crippen LogP contribution >= 0.6 is 23.2 Å². The zero-order valence-corrected chi connectivity index (χ0v) is 27.5. The molecule has 3 aromatic heterocycles. The van der Waals surface area contributed by atoms with Gasteiger partial charge in [-0.05, 0) is 55.9 Å². The van der Waals surface area contributed by atoms with E-state index in [1.807, 2.05) is 11.6 Å². The number of nitrogens with one attached hydrogen (secondary N) is 1. The number of anilines is 1. The van der Waals surface area contributed by atoms with Crippen LogP contribution in [-0.2, 0) is 24.8 Å². The lowest BCUT2D eigenvalue weighted by Crippen LogP contribution is -2.36. The highest BCUT2D eigenvalue weighted by Gasteiger charge is 2.30. The third-order valence-corrected chi connectivity index (χ3v) is 9.92. The molecule has 244 valence electrons. The van der Waals surface area contributed by atoms with Crippen LogP contribution in [0.4, 0.5) is 5.69 Å². The summed E-state index contributed by atoms with van der Waals surface area (Å²) in [4.78, 5) is 52.2. The first-order chi connectivity index (χ1) is 22.7. The number of carbonyl (C=O) groups is 3. The molecule has 0 saturated heterocycles. The van der Waals surface area contributed by atoms with Gasteiger partial charge in [-0.25, -0.2) is 9.97 Å². The first kappa shape index (κ1) is 32.6. The number of aromatic nitrogens is 4. The van der Waals surface area contributed by atoms with Crippen molar-refractivity contribution in [1.82, 2.24) is 24.4 Å². The quantitative estimate of drug-likeness (QED) is 0.199. The van der Waals surface area contributed by atoms with Crippen molar-refractivity contribution in [2.75, 3.05) is 25.5 Å². The maximum absolute atomic E-state index is 13.6. The summed E-state index contributed by atoms with van der Waals surface area (Å²) in [6.45, 7) is 2.40. The van der Waals surface area contributed by atoms with Crippen molar-refractivity contribution < 1.29 is 24.2 Å². The van der Waals surface area contributed by atoms with E-state index in [4.69, 9.17) is 32.9 Å². The molecule has 11 nitrogen and oxygen atoms in total. The van der Waals surface area contributed by atoms with Crippen LogP contribution in [0.25, 0.3) is 22.5 Å². The second-order valence-corrected chi connectivity index (χ2v) is 12.7. The first-order valence-corrected chi connectivity index (χ1v) is 16.2. The molecule has 1 aliphatic heterocycles. The van der Waals surface area contributed by atoms with Crippen molar-refractivity contribution in [3.63, 3.8) is 0 Å². The zero-order valence-electron chi connectivity index (χ0n) is 26.0. The molecule has 6 rings (SSSR count). The smallest absolute Gasteiger partial charge is 0.306 e. The molecule has 13 heteroatoms. The van der Waals surface area contributed by atoms with Gasteiger partial charge in [-0.15, -0.1) is 0 Å². The van der Waals surface area contributed by atoms with E-state index in [-0.39, 0.29) is 28.6 Å². The molecule has 4 aromatic rings. The Bertz CT molecular complexity index is 1850. The van der Waals surface area contributed by atoms with E-state index >= 15 is 0 Å². The number of aldehydes is 1. The van der Waals surface area contributed by atoms with Crippen LogP contribution in [-0.4, -0.2) is 67.9 Å². The van der Waals surface area contributed by atoms with Crippen LogP contribution in [0.1, 0.15) is 58.0 Å². The number of hydrogen-bond acceptors (Lipinski definition) is 8. The fraction of sp³-hybridized carbons (Fsp3) is 0.353. The number of ether oxygens (including phenoxy) is 1.